The van der Waals surface area contributed by atoms with Crippen LogP contribution in [0.25, 0.3) is 0 Å². The molecule has 1 heterocycles. The minimum absolute atomic E-state index is 0.828. The Labute approximate surface area is 112 Å². The van der Waals surface area contributed by atoms with Crippen LogP contribution in [0, 0.1) is 0 Å². The van der Waals surface area contributed by atoms with Gasteiger partial charge < -0.3 is 10.6 Å². The van der Waals surface area contributed by atoms with E-state index in [9.17, 15) is 0 Å². The lowest BCUT2D eigenvalue weighted by Gasteiger charge is -2.34. The fourth-order valence-electron chi connectivity index (χ4n) is 2.21. The maximum Gasteiger partial charge on any atom is 0.0461 e. The van der Waals surface area contributed by atoms with Gasteiger partial charge in [-0.15, -0.1) is 0 Å². The van der Waals surface area contributed by atoms with Crippen LogP contribution in [0.2, 0.25) is 0 Å². The first kappa shape index (κ1) is 12.9. The second kappa shape index (κ2) is 5.85. The number of halogens is 1. The highest BCUT2D eigenvalue weighted by molar-refractivity contribution is 9.10. The quantitative estimate of drug-likeness (QED) is 0.868. The molecule has 0 saturated carbocycles. The molecule has 0 unspecified atom stereocenters. The van der Waals surface area contributed by atoms with Crippen LogP contribution in [0.4, 0.5) is 5.69 Å². The lowest BCUT2D eigenvalue weighted by atomic mass is 10.2. The average molecular weight is 298 g/mol. The molecule has 1 aliphatic rings. The van der Waals surface area contributed by atoms with Crippen LogP contribution >= 0.6 is 15.9 Å². The van der Waals surface area contributed by atoms with Crippen molar-refractivity contribution in [3.63, 3.8) is 0 Å². The van der Waals surface area contributed by atoms with Gasteiger partial charge in [-0.3, -0.25) is 4.90 Å². The summed E-state index contributed by atoms with van der Waals surface area (Å²) >= 11 is 3.43. The summed E-state index contributed by atoms with van der Waals surface area (Å²) in [6, 6.07) is 6.25. The number of benzene rings is 1. The number of nitrogen functional groups attached to an aromatic ring is 1. The minimum Gasteiger partial charge on any atom is -0.398 e. The summed E-state index contributed by atoms with van der Waals surface area (Å²) in [4.78, 5) is 4.99. The molecule has 0 bridgehead atoms. The van der Waals surface area contributed by atoms with Crippen molar-refractivity contribution in [1.82, 2.24) is 9.80 Å². The van der Waals surface area contributed by atoms with E-state index in [4.69, 9.17) is 5.73 Å². The number of hydrogen-bond acceptors (Lipinski definition) is 3. The first-order valence-corrected chi connectivity index (χ1v) is 6.97. The van der Waals surface area contributed by atoms with E-state index in [1.807, 2.05) is 6.07 Å². The summed E-state index contributed by atoms with van der Waals surface area (Å²) in [7, 11) is 0. The third-order valence-electron chi connectivity index (χ3n) is 3.38. The van der Waals surface area contributed by atoms with E-state index in [1.165, 1.54) is 25.2 Å². The second-order valence-corrected chi connectivity index (χ2v) is 5.42. The topological polar surface area (TPSA) is 32.5 Å². The van der Waals surface area contributed by atoms with Crippen LogP contribution < -0.4 is 5.73 Å². The first-order chi connectivity index (χ1) is 8.19. The molecule has 0 amide bonds. The summed E-state index contributed by atoms with van der Waals surface area (Å²) in [6.07, 6.45) is 0. The summed E-state index contributed by atoms with van der Waals surface area (Å²) in [5, 5.41) is 0. The Morgan fingerprint density at radius 2 is 1.82 bits per heavy atom. The van der Waals surface area contributed by atoms with E-state index in [1.54, 1.807) is 0 Å². The molecular weight excluding hydrogens is 278 g/mol. The van der Waals surface area contributed by atoms with E-state index < -0.39 is 0 Å². The molecule has 94 valence electrons. The van der Waals surface area contributed by atoms with Gasteiger partial charge >= 0.3 is 0 Å². The van der Waals surface area contributed by atoms with Gasteiger partial charge in [0.2, 0.25) is 0 Å². The number of anilines is 1. The van der Waals surface area contributed by atoms with E-state index in [0.717, 1.165) is 29.8 Å². The lowest BCUT2D eigenvalue weighted by molar-refractivity contribution is 0.132. The molecular formula is C13H20BrN3. The molecule has 1 saturated heterocycles. The van der Waals surface area contributed by atoms with Crippen molar-refractivity contribution in [2.75, 3.05) is 38.5 Å². The standard InChI is InChI=1S/C13H20BrN3/c1-2-16-5-7-17(8-6-16)10-11-3-4-12(14)13(15)9-11/h3-4,9H,2,5-8,10,15H2,1H3. The van der Waals surface area contributed by atoms with Crippen molar-refractivity contribution >= 4 is 21.6 Å². The van der Waals surface area contributed by atoms with Crippen LogP contribution in [-0.4, -0.2) is 42.5 Å². The smallest absolute Gasteiger partial charge is 0.0461 e. The molecule has 1 fully saturated rings. The van der Waals surface area contributed by atoms with Crippen molar-refractivity contribution in [3.8, 4) is 0 Å². The number of piperazine rings is 1. The van der Waals surface area contributed by atoms with Gasteiger partial charge in [0.1, 0.15) is 0 Å². The number of likely N-dealkylation sites (N-methyl/N-ethyl adjacent to an activating group) is 1. The summed E-state index contributed by atoms with van der Waals surface area (Å²) < 4.78 is 0.983. The molecule has 0 aromatic heterocycles. The zero-order chi connectivity index (χ0) is 12.3. The Morgan fingerprint density at radius 1 is 1.18 bits per heavy atom. The van der Waals surface area contributed by atoms with Gasteiger partial charge in [0.05, 0.1) is 0 Å². The van der Waals surface area contributed by atoms with Crippen molar-refractivity contribution in [2.45, 2.75) is 13.5 Å². The highest BCUT2D eigenvalue weighted by Gasteiger charge is 2.15. The molecule has 1 aromatic carbocycles. The van der Waals surface area contributed by atoms with Crippen LogP contribution in [0.3, 0.4) is 0 Å². The maximum atomic E-state index is 5.90. The molecule has 0 aliphatic carbocycles. The van der Waals surface area contributed by atoms with Crippen molar-refractivity contribution in [1.29, 1.82) is 0 Å². The largest absolute Gasteiger partial charge is 0.398 e. The Kier molecular flexibility index (Phi) is 4.42. The first-order valence-electron chi connectivity index (χ1n) is 6.17. The van der Waals surface area contributed by atoms with Crippen LogP contribution in [0.15, 0.2) is 22.7 Å². The van der Waals surface area contributed by atoms with E-state index in [2.05, 4.69) is 44.8 Å². The van der Waals surface area contributed by atoms with Gasteiger partial charge in [0.15, 0.2) is 0 Å². The van der Waals surface area contributed by atoms with Crippen molar-refractivity contribution in [2.24, 2.45) is 0 Å². The fourth-order valence-corrected chi connectivity index (χ4v) is 2.46. The van der Waals surface area contributed by atoms with Gasteiger partial charge in [-0.2, -0.15) is 0 Å². The molecule has 4 heteroatoms. The predicted molar refractivity (Wildman–Crippen MR) is 75.9 cm³/mol. The zero-order valence-corrected chi connectivity index (χ0v) is 11.9. The van der Waals surface area contributed by atoms with Crippen molar-refractivity contribution < 1.29 is 0 Å². The number of rotatable bonds is 3. The van der Waals surface area contributed by atoms with Crippen molar-refractivity contribution in [3.05, 3.63) is 28.2 Å². The second-order valence-electron chi connectivity index (χ2n) is 4.57. The van der Waals surface area contributed by atoms with E-state index in [0.29, 0.717) is 0 Å². The van der Waals surface area contributed by atoms with Gasteiger partial charge in [0, 0.05) is 42.9 Å². The Balaban J connectivity index is 1.91. The van der Waals surface area contributed by atoms with E-state index in [-0.39, 0.29) is 0 Å². The van der Waals surface area contributed by atoms with Gasteiger partial charge in [-0.05, 0) is 40.2 Å². The molecule has 0 spiro atoms. The predicted octanol–water partition coefficient (Wildman–Crippen LogP) is 2.17. The summed E-state index contributed by atoms with van der Waals surface area (Å²) in [5.41, 5.74) is 8.03. The zero-order valence-electron chi connectivity index (χ0n) is 10.3. The Hall–Kier alpha value is -0.580. The highest BCUT2D eigenvalue weighted by Crippen LogP contribution is 2.21. The van der Waals surface area contributed by atoms with Crippen LogP contribution in [0.1, 0.15) is 12.5 Å². The average Bonchev–Trinajstić information content (AvgIpc) is 2.35. The molecule has 1 aromatic rings. The molecule has 1 aliphatic heterocycles. The van der Waals surface area contributed by atoms with Crippen LogP contribution in [0.5, 0.6) is 0 Å². The van der Waals surface area contributed by atoms with E-state index >= 15 is 0 Å². The molecule has 17 heavy (non-hydrogen) atoms. The van der Waals surface area contributed by atoms with Gasteiger partial charge in [0.25, 0.3) is 0 Å². The SMILES string of the molecule is CCN1CCN(Cc2ccc(Br)c(N)c2)CC1. The Morgan fingerprint density at radius 3 is 2.41 bits per heavy atom. The monoisotopic (exact) mass is 297 g/mol. The molecule has 2 rings (SSSR count). The highest BCUT2D eigenvalue weighted by atomic mass is 79.9. The summed E-state index contributed by atoms with van der Waals surface area (Å²) in [6.45, 7) is 9.08. The third kappa shape index (κ3) is 3.44. The third-order valence-corrected chi connectivity index (χ3v) is 4.10. The fraction of sp³-hybridized carbons (Fsp3) is 0.538. The minimum atomic E-state index is 0.828. The number of hydrogen-bond donors (Lipinski definition) is 1. The summed E-state index contributed by atoms with van der Waals surface area (Å²) in [5.74, 6) is 0. The molecule has 0 radical (unpaired) electrons. The lowest BCUT2D eigenvalue weighted by Crippen LogP contribution is -2.45. The van der Waals surface area contributed by atoms with Crippen LogP contribution in [-0.2, 0) is 6.54 Å². The van der Waals surface area contributed by atoms with Gasteiger partial charge in [-0.25, -0.2) is 0 Å². The molecule has 2 N–H and O–H groups in total. The maximum absolute atomic E-state index is 5.90. The number of nitrogens with zero attached hydrogens (tertiary/aromatic N) is 2. The Bertz CT molecular complexity index is 373. The number of nitrogens with two attached hydrogens (primary N) is 1. The normalized spacial score (nSPS) is 18.5. The van der Waals surface area contributed by atoms with Gasteiger partial charge in [-0.1, -0.05) is 13.0 Å². The molecule has 3 nitrogen and oxygen atoms in total. The molecule has 0 atom stereocenters.